The second-order valence-corrected chi connectivity index (χ2v) is 6.47. The standard InChI is InChI=1S/C19H28N2O3/c22-14-6-2-5-11-20-18(23)19(24)21-12-9-17(10-13-21)15-16-7-3-1-4-8-16/h1,3-4,7-8,17,22H,2,5-6,9-15H2,(H,20,23). The number of benzene rings is 1. The van der Waals surface area contributed by atoms with Gasteiger partial charge in [-0.2, -0.15) is 0 Å². The highest BCUT2D eigenvalue weighted by molar-refractivity contribution is 6.35. The zero-order chi connectivity index (χ0) is 17.2. The molecule has 2 amide bonds. The first kappa shape index (κ1) is 18.5. The van der Waals surface area contributed by atoms with E-state index in [-0.39, 0.29) is 6.61 Å². The third kappa shape index (κ3) is 5.96. The number of rotatable bonds is 7. The highest BCUT2D eigenvalue weighted by atomic mass is 16.3. The minimum absolute atomic E-state index is 0.171. The zero-order valence-corrected chi connectivity index (χ0v) is 14.2. The maximum absolute atomic E-state index is 12.2. The van der Waals surface area contributed by atoms with Crippen molar-refractivity contribution in [2.24, 2.45) is 5.92 Å². The highest BCUT2D eigenvalue weighted by Crippen LogP contribution is 2.21. The molecule has 0 spiro atoms. The number of carbonyl (C=O) groups excluding carboxylic acids is 2. The summed E-state index contributed by atoms with van der Waals surface area (Å²) in [4.78, 5) is 25.7. The minimum atomic E-state index is -0.500. The van der Waals surface area contributed by atoms with Crippen LogP contribution in [-0.4, -0.2) is 48.1 Å². The van der Waals surface area contributed by atoms with E-state index >= 15 is 0 Å². The maximum atomic E-state index is 12.2. The van der Waals surface area contributed by atoms with Gasteiger partial charge in [-0.1, -0.05) is 30.3 Å². The van der Waals surface area contributed by atoms with Gasteiger partial charge in [0.2, 0.25) is 0 Å². The molecule has 0 radical (unpaired) electrons. The number of unbranched alkanes of at least 4 members (excludes halogenated alkanes) is 2. The number of amides is 2. The molecule has 132 valence electrons. The number of nitrogens with one attached hydrogen (secondary N) is 1. The van der Waals surface area contributed by atoms with Crippen molar-refractivity contribution >= 4 is 11.8 Å². The molecular formula is C19H28N2O3. The lowest BCUT2D eigenvalue weighted by Crippen LogP contribution is -2.46. The summed E-state index contributed by atoms with van der Waals surface area (Å²) in [5, 5.41) is 11.4. The van der Waals surface area contributed by atoms with Crippen LogP contribution in [0.2, 0.25) is 0 Å². The van der Waals surface area contributed by atoms with E-state index in [1.54, 1.807) is 4.90 Å². The summed E-state index contributed by atoms with van der Waals surface area (Å²) < 4.78 is 0. The average molecular weight is 332 g/mol. The first-order chi connectivity index (χ1) is 11.7. The molecule has 2 rings (SSSR count). The molecule has 1 fully saturated rings. The van der Waals surface area contributed by atoms with Crippen LogP contribution < -0.4 is 5.32 Å². The molecule has 0 aliphatic carbocycles. The molecule has 1 saturated heterocycles. The second-order valence-electron chi connectivity index (χ2n) is 6.47. The van der Waals surface area contributed by atoms with E-state index in [1.165, 1.54) is 5.56 Å². The van der Waals surface area contributed by atoms with Gasteiger partial charge >= 0.3 is 11.8 Å². The Morgan fingerprint density at radius 3 is 2.46 bits per heavy atom. The Morgan fingerprint density at radius 2 is 1.79 bits per heavy atom. The van der Waals surface area contributed by atoms with E-state index in [0.29, 0.717) is 25.6 Å². The van der Waals surface area contributed by atoms with Gasteiger partial charge in [0, 0.05) is 26.2 Å². The lowest BCUT2D eigenvalue weighted by atomic mass is 9.90. The number of nitrogens with zero attached hydrogens (tertiary/aromatic N) is 1. The first-order valence-corrected chi connectivity index (χ1v) is 8.92. The van der Waals surface area contributed by atoms with E-state index in [9.17, 15) is 9.59 Å². The van der Waals surface area contributed by atoms with Gasteiger partial charge in [-0.15, -0.1) is 0 Å². The molecule has 0 bridgehead atoms. The number of hydrogen-bond donors (Lipinski definition) is 2. The topological polar surface area (TPSA) is 69.6 Å². The predicted molar refractivity (Wildman–Crippen MR) is 93.4 cm³/mol. The van der Waals surface area contributed by atoms with Gasteiger partial charge in [-0.25, -0.2) is 0 Å². The van der Waals surface area contributed by atoms with Crippen LogP contribution in [0.1, 0.15) is 37.7 Å². The van der Waals surface area contributed by atoms with Crippen LogP contribution in [0.4, 0.5) is 0 Å². The molecule has 1 heterocycles. The van der Waals surface area contributed by atoms with Gasteiger partial charge in [0.15, 0.2) is 0 Å². The quantitative estimate of drug-likeness (QED) is 0.590. The van der Waals surface area contributed by atoms with Crippen molar-refractivity contribution < 1.29 is 14.7 Å². The predicted octanol–water partition coefficient (Wildman–Crippen LogP) is 1.75. The monoisotopic (exact) mass is 332 g/mol. The summed E-state index contributed by atoms with van der Waals surface area (Å²) in [5.74, 6) is -0.325. The summed E-state index contributed by atoms with van der Waals surface area (Å²) in [6.45, 7) is 1.99. The van der Waals surface area contributed by atoms with E-state index in [0.717, 1.165) is 38.5 Å². The maximum Gasteiger partial charge on any atom is 0.311 e. The number of aliphatic hydroxyl groups is 1. The van der Waals surface area contributed by atoms with Gasteiger partial charge < -0.3 is 15.3 Å². The molecule has 0 unspecified atom stereocenters. The van der Waals surface area contributed by atoms with Crippen molar-refractivity contribution in [1.82, 2.24) is 10.2 Å². The van der Waals surface area contributed by atoms with Crippen LogP contribution in [0.15, 0.2) is 30.3 Å². The molecule has 1 aromatic rings. The number of carbonyl (C=O) groups is 2. The van der Waals surface area contributed by atoms with Crippen molar-refractivity contribution in [1.29, 1.82) is 0 Å². The number of hydrogen-bond acceptors (Lipinski definition) is 3. The molecule has 1 aliphatic rings. The molecule has 0 atom stereocenters. The largest absolute Gasteiger partial charge is 0.396 e. The molecule has 0 saturated carbocycles. The molecule has 1 aromatic carbocycles. The van der Waals surface area contributed by atoms with Crippen LogP contribution in [0.25, 0.3) is 0 Å². The highest BCUT2D eigenvalue weighted by Gasteiger charge is 2.26. The number of likely N-dealkylation sites (tertiary alicyclic amines) is 1. The second kappa shape index (κ2) is 10.1. The Hall–Kier alpha value is -1.88. The van der Waals surface area contributed by atoms with Crippen LogP contribution in [0, 0.1) is 5.92 Å². The third-order valence-corrected chi connectivity index (χ3v) is 4.58. The molecule has 0 aromatic heterocycles. The van der Waals surface area contributed by atoms with E-state index in [4.69, 9.17) is 5.11 Å². The Bertz CT molecular complexity index is 511. The van der Waals surface area contributed by atoms with Crippen LogP contribution >= 0.6 is 0 Å². The van der Waals surface area contributed by atoms with Gasteiger partial charge in [0.1, 0.15) is 0 Å². The summed E-state index contributed by atoms with van der Waals surface area (Å²) in [7, 11) is 0. The van der Waals surface area contributed by atoms with Crippen molar-refractivity contribution in [3.8, 4) is 0 Å². The zero-order valence-electron chi connectivity index (χ0n) is 14.2. The molecule has 2 N–H and O–H groups in total. The van der Waals surface area contributed by atoms with E-state index < -0.39 is 11.8 Å². The fourth-order valence-corrected chi connectivity index (χ4v) is 3.12. The van der Waals surface area contributed by atoms with Gasteiger partial charge in [0.05, 0.1) is 0 Å². The SMILES string of the molecule is O=C(NCCCCCO)C(=O)N1CCC(Cc2ccccc2)CC1. The van der Waals surface area contributed by atoms with E-state index in [1.807, 2.05) is 6.07 Å². The Morgan fingerprint density at radius 1 is 1.08 bits per heavy atom. The number of aliphatic hydroxyl groups excluding tert-OH is 1. The lowest BCUT2D eigenvalue weighted by Gasteiger charge is -2.31. The fraction of sp³-hybridized carbons (Fsp3) is 0.579. The molecule has 24 heavy (non-hydrogen) atoms. The molecular weight excluding hydrogens is 304 g/mol. The fourth-order valence-electron chi connectivity index (χ4n) is 3.12. The smallest absolute Gasteiger partial charge is 0.311 e. The summed E-state index contributed by atoms with van der Waals surface area (Å²) in [6, 6.07) is 10.4. The molecule has 5 heteroatoms. The summed E-state index contributed by atoms with van der Waals surface area (Å²) >= 11 is 0. The Balaban J connectivity index is 1.67. The Kier molecular flexibility index (Phi) is 7.75. The summed E-state index contributed by atoms with van der Waals surface area (Å²) in [6.07, 6.45) is 5.32. The Labute approximate surface area is 144 Å². The average Bonchev–Trinajstić information content (AvgIpc) is 2.62. The van der Waals surface area contributed by atoms with Crippen molar-refractivity contribution in [2.45, 2.75) is 38.5 Å². The van der Waals surface area contributed by atoms with Crippen molar-refractivity contribution in [3.05, 3.63) is 35.9 Å². The molecule has 1 aliphatic heterocycles. The van der Waals surface area contributed by atoms with Gasteiger partial charge in [-0.3, -0.25) is 9.59 Å². The van der Waals surface area contributed by atoms with E-state index in [2.05, 4.69) is 29.6 Å². The lowest BCUT2D eigenvalue weighted by molar-refractivity contribution is -0.146. The number of piperidine rings is 1. The van der Waals surface area contributed by atoms with Crippen LogP contribution in [0.3, 0.4) is 0 Å². The third-order valence-electron chi connectivity index (χ3n) is 4.58. The van der Waals surface area contributed by atoms with Crippen molar-refractivity contribution in [3.63, 3.8) is 0 Å². The van der Waals surface area contributed by atoms with Crippen molar-refractivity contribution in [2.75, 3.05) is 26.2 Å². The first-order valence-electron chi connectivity index (χ1n) is 8.92. The van der Waals surface area contributed by atoms with Gasteiger partial charge in [-0.05, 0) is 50.0 Å². The van der Waals surface area contributed by atoms with Crippen LogP contribution in [-0.2, 0) is 16.0 Å². The minimum Gasteiger partial charge on any atom is -0.396 e. The normalized spacial score (nSPS) is 15.3. The van der Waals surface area contributed by atoms with Crippen LogP contribution in [0.5, 0.6) is 0 Å². The molecule has 5 nitrogen and oxygen atoms in total. The van der Waals surface area contributed by atoms with Gasteiger partial charge in [0.25, 0.3) is 0 Å². The summed E-state index contributed by atoms with van der Waals surface area (Å²) in [5.41, 5.74) is 1.34.